The summed E-state index contributed by atoms with van der Waals surface area (Å²) in [5, 5.41) is 3.63. The van der Waals surface area contributed by atoms with Crippen LogP contribution in [-0.2, 0) is 13.5 Å². The fraction of sp³-hybridized carbons (Fsp3) is 0.438. The highest BCUT2D eigenvalue weighted by Crippen LogP contribution is 2.21. The molecule has 0 spiro atoms. The number of aromatic nitrogens is 2. The van der Waals surface area contributed by atoms with Gasteiger partial charge in [-0.2, -0.15) is 0 Å². The quantitative estimate of drug-likeness (QED) is 0.832. The zero-order valence-electron chi connectivity index (χ0n) is 12.1. The van der Waals surface area contributed by atoms with Gasteiger partial charge in [-0.05, 0) is 37.1 Å². The van der Waals surface area contributed by atoms with Gasteiger partial charge >= 0.3 is 0 Å². The van der Waals surface area contributed by atoms with Crippen LogP contribution in [0.2, 0.25) is 0 Å². The molecule has 3 nitrogen and oxygen atoms in total. The van der Waals surface area contributed by atoms with E-state index < -0.39 is 0 Å². The Labute approximate surface area is 129 Å². The molecule has 0 aliphatic carbocycles. The van der Waals surface area contributed by atoms with Crippen molar-refractivity contribution in [2.24, 2.45) is 7.05 Å². The molecule has 0 aliphatic heterocycles. The van der Waals surface area contributed by atoms with E-state index in [0.29, 0.717) is 6.04 Å². The second-order valence-electron chi connectivity index (χ2n) is 5.05. The molecule has 2 aromatic rings. The summed E-state index contributed by atoms with van der Waals surface area (Å²) in [5.41, 5.74) is 1.34. The third-order valence-electron chi connectivity index (χ3n) is 3.49. The normalized spacial score (nSPS) is 12.6. The predicted octanol–water partition coefficient (Wildman–Crippen LogP) is 3.86. The average Bonchev–Trinajstić information content (AvgIpc) is 2.86. The van der Waals surface area contributed by atoms with Crippen LogP contribution >= 0.6 is 15.9 Å². The summed E-state index contributed by atoms with van der Waals surface area (Å²) in [6, 6.07) is 8.99. The Bertz CT molecular complexity index is 519. The number of aryl methyl sites for hydroxylation is 2. The highest BCUT2D eigenvalue weighted by molar-refractivity contribution is 9.10. The van der Waals surface area contributed by atoms with Gasteiger partial charge in [0.15, 0.2) is 0 Å². The molecular formula is C16H22BrN3. The van der Waals surface area contributed by atoms with E-state index in [0.717, 1.165) is 36.1 Å². The monoisotopic (exact) mass is 335 g/mol. The lowest BCUT2D eigenvalue weighted by Gasteiger charge is -2.19. The van der Waals surface area contributed by atoms with Crippen LogP contribution in [0.4, 0.5) is 0 Å². The van der Waals surface area contributed by atoms with Crippen LogP contribution in [-0.4, -0.2) is 16.1 Å². The molecule has 0 bridgehead atoms. The topological polar surface area (TPSA) is 29.9 Å². The lowest BCUT2D eigenvalue weighted by molar-refractivity contribution is 0.491. The van der Waals surface area contributed by atoms with Gasteiger partial charge in [-0.1, -0.05) is 35.0 Å². The van der Waals surface area contributed by atoms with E-state index in [4.69, 9.17) is 0 Å². The molecule has 0 saturated carbocycles. The van der Waals surface area contributed by atoms with E-state index in [1.165, 1.54) is 5.56 Å². The van der Waals surface area contributed by atoms with Gasteiger partial charge in [-0.25, -0.2) is 4.98 Å². The van der Waals surface area contributed by atoms with Crippen molar-refractivity contribution in [3.63, 3.8) is 0 Å². The van der Waals surface area contributed by atoms with Crippen LogP contribution in [0.1, 0.15) is 37.2 Å². The van der Waals surface area contributed by atoms with Gasteiger partial charge in [0, 0.05) is 36.4 Å². The predicted molar refractivity (Wildman–Crippen MR) is 86.7 cm³/mol. The first-order chi connectivity index (χ1) is 9.70. The SMILES string of the molecule is CCCNC(CCc1nccn1C)c1ccc(Br)cc1. The summed E-state index contributed by atoms with van der Waals surface area (Å²) < 4.78 is 3.22. The van der Waals surface area contributed by atoms with Crippen molar-refractivity contribution in [1.29, 1.82) is 0 Å². The van der Waals surface area contributed by atoms with E-state index in [-0.39, 0.29) is 0 Å². The van der Waals surface area contributed by atoms with Crippen molar-refractivity contribution >= 4 is 15.9 Å². The molecule has 0 aliphatic rings. The Morgan fingerprint density at radius 1 is 1.30 bits per heavy atom. The molecule has 0 radical (unpaired) electrons. The van der Waals surface area contributed by atoms with Crippen molar-refractivity contribution in [3.05, 3.63) is 52.5 Å². The Hall–Kier alpha value is -1.13. The molecule has 4 heteroatoms. The maximum atomic E-state index is 4.40. The first-order valence-electron chi connectivity index (χ1n) is 7.15. The zero-order chi connectivity index (χ0) is 14.4. The van der Waals surface area contributed by atoms with E-state index >= 15 is 0 Å². The highest BCUT2D eigenvalue weighted by Gasteiger charge is 2.12. The number of rotatable bonds is 7. The summed E-state index contributed by atoms with van der Waals surface area (Å²) in [7, 11) is 2.05. The number of hydrogen-bond acceptors (Lipinski definition) is 2. The number of halogens is 1. The zero-order valence-corrected chi connectivity index (χ0v) is 13.7. The van der Waals surface area contributed by atoms with Gasteiger partial charge in [0.05, 0.1) is 0 Å². The second-order valence-corrected chi connectivity index (χ2v) is 5.97. The van der Waals surface area contributed by atoms with Crippen LogP contribution < -0.4 is 5.32 Å². The van der Waals surface area contributed by atoms with Crippen molar-refractivity contribution in [1.82, 2.24) is 14.9 Å². The van der Waals surface area contributed by atoms with E-state index in [1.807, 2.05) is 12.4 Å². The molecule has 0 amide bonds. The fourth-order valence-corrected chi connectivity index (χ4v) is 2.58. The number of nitrogens with one attached hydrogen (secondary N) is 1. The van der Waals surface area contributed by atoms with Crippen molar-refractivity contribution < 1.29 is 0 Å². The summed E-state index contributed by atoms with van der Waals surface area (Å²) in [6.45, 7) is 3.24. The largest absolute Gasteiger partial charge is 0.338 e. The summed E-state index contributed by atoms with van der Waals surface area (Å²) in [4.78, 5) is 4.40. The second kappa shape index (κ2) is 7.60. The molecule has 0 saturated heterocycles. The van der Waals surface area contributed by atoms with E-state index in [9.17, 15) is 0 Å². The number of nitrogens with zero attached hydrogens (tertiary/aromatic N) is 2. The highest BCUT2D eigenvalue weighted by atomic mass is 79.9. The number of hydrogen-bond donors (Lipinski definition) is 1. The molecule has 1 atom stereocenters. The Balaban J connectivity index is 2.03. The Morgan fingerprint density at radius 3 is 2.65 bits per heavy atom. The van der Waals surface area contributed by atoms with Crippen LogP contribution in [0.15, 0.2) is 41.1 Å². The van der Waals surface area contributed by atoms with Crippen molar-refractivity contribution in [2.75, 3.05) is 6.54 Å². The standard InChI is InChI=1S/C16H22BrN3/c1-3-10-18-15(13-4-6-14(17)7-5-13)8-9-16-19-11-12-20(16)2/h4-7,11-12,15,18H,3,8-10H2,1-2H3. The van der Waals surface area contributed by atoms with Gasteiger partial charge in [0.1, 0.15) is 5.82 Å². The van der Waals surface area contributed by atoms with Gasteiger partial charge < -0.3 is 9.88 Å². The Morgan fingerprint density at radius 2 is 2.05 bits per heavy atom. The van der Waals surface area contributed by atoms with Gasteiger partial charge in [-0.3, -0.25) is 0 Å². The van der Waals surface area contributed by atoms with Gasteiger partial charge in [-0.15, -0.1) is 0 Å². The summed E-state index contributed by atoms with van der Waals surface area (Å²) in [6.07, 6.45) is 7.07. The van der Waals surface area contributed by atoms with Crippen molar-refractivity contribution in [2.45, 2.75) is 32.2 Å². The third kappa shape index (κ3) is 4.18. The molecule has 108 valence electrons. The smallest absolute Gasteiger partial charge is 0.108 e. The van der Waals surface area contributed by atoms with E-state index in [1.54, 1.807) is 0 Å². The first-order valence-corrected chi connectivity index (χ1v) is 7.95. The van der Waals surface area contributed by atoms with Crippen LogP contribution in [0.5, 0.6) is 0 Å². The third-order valence-corrected chi connectivity index (χ3v) is 4.02. The molecule has 2 rings (SSSR count). The van der Waals surface area contributed by atoms with Gasteiger partial charge in [0.25, 0.3) is 0 Å². The fourth-order valence-electron chi connectivity index (χ4n) is 2.31. The number of imidazole rings is 1. The molecule has 0 fully saturated rings. The van der Waals surface area contributed by atoms with E-state index in [2.05, 4.69) is 69.0 Å². The maximum absolute atomic E-state index is 4.40. The minimum absolute atomic E-state index is 0.389. The molecule has 1 aromatic heterocycles. The molecule has 1 aromatic carbocycles. The maximum Gasteiger partial charge on any atom is 0.108 e. The van der Waals surface area contributed by atoms with Crippen LogP contribution in [0, 0.1) is 0 Å². The molecular weight excluding hydrogens is 314 g/mol. The lowest BCUT2D eigenvalue weighted by Crippen LogP contribution is -2.23. The molecule has 1 unspecified atom stereocenters. The molecule has 1 N–H and O–H groups in total. The molecule has 20 heavy (non-hydrogen) atoms. The van der Waals surface area contributed by atoms with Gasteiger partial charge in [0.2, 0.25) is 0 Å². The van der Waals surface area contributed by atoms with Crippen LogP contribution in [0.25, 0.3) is 0 Å². The summed E-state index contributed by atoms with van der Waals surface area (Å²) >= 11 is 3.49. The minimum atomic E-state index is 0.389. The van der Waals surface area contributed by atoms with Crippen LogP contribution in [0.3, 0.4) is 0 Å². The molecule has 1 heterocycles. The number of benzene rings is 1. The average molecular weight is 336 g/mol. The Kier molecular flexibility index (Phi) is 5.80. The van der Waals surface area contributed by atoms with Crippen molar-refractivity contribution in [3.8, 4) is 0 Å². The lowest BCUT2D eigenvalue weighted by atomic mass is 10.0. The summed E-state index contributed by atoms with van der Waals surface area (Å²) in [5.74, 6) is 1.14. The first kappa shape index (κ1) is 15.3. The minimum Gasteiger partial charge on any atom is -0.338 e.